The highest BCUT2D eigenvalue weighted by molar-refractivity contribution is 5.95. The Morgan fingerprint density at radius 2 is 2.04 bits per heavy atom. The summed E-state index contributed by atoms with van der Waals surface area (Å²) in [5, 5.41) is 19.2. The van der Waals surface area contributed by atoms with Gasteiger partial charge in [0.25, 0.3) is 0 Å². The molecule has 12 heteroatoms. The zero-order valence-corrected chi connectivity index (χ0v) is 25.5. The molecular weight excluding hydrogens is 605 g/mol. The van der Waals surface area contributed by atoms with Crippen molar-refractivity contribution in [3.63, 3.8) is 0 Å². The lowest BCUT2D eigenvalue weighted by molar-refractivity contribution is -0.0589. The van der Waals surface area contributed by atoms with Gasteiger partial charge in [-0.05, 0) is 61.2 Å². The minimum Gasteiger partial charge on any atom is -0.494 e. The highest BCUT2D eigenvalue weighted by Gasteiger charge is 2.25. The van der Waals surface area contributed by atoms with Gasteiger partial charge in [0.2, 0.25) is 5.88 Å². The first-order chi connectivity index (χ1) is 22.9. The van der Waals surface area contributed by atoms with Crippen molar-refractivity contribution in [1.29, 1.82) is 5.26 Å². The number of carboxylic acid groups (broad SMARTS) is 1. The number of halogens is 1. The molecule has 0 unspecified atom stereocenters. The van der Waals surface area contributed by atoms with Crippen molar-refractivity contribution in [3.05, 3.63) is 94.3 Å². The van der Waals surface area contributed by atoms with Crippen LogP contribution < -0.4 is 14.2 Å². The molecule has 238 valence electrons. The van der Waals surface area contributed by atoms with Crippen LogP contribution >= 0.6 is 0 Å². The van der Waals surface area contributed by atoms with E-state index in [1.807, 2.05) is 10.6 Å². The van der Waals surface area contributed by atoms with Gasteiger partial charge in [-0.3, -0.25) is 4.98 Å². The number of nitriles is 1. The number of hydrogen-bond acceptors (Lipinski definition) is 9. The highest BCUT2D eigenvalue weighted by Crippen LogP contribution is 2.35. The molecule has 11 nitrogen and oxygen atoms in total. The lowest BCUT2D eigenvalue weighted by atomic mass is 10.0. The van der Waals surface area contributed by atoms with Gasteiger partial charge in [-0.25, -0.2) is 19.2 Å². The number of ether oxygens (including phenoxy) is 4. The molecule has 0 saturated carbocycles. The molecule has 0 spiro atoms. The lowest BCUT2D eigenvalue weighted by Crippen LogP contribution is -2.31. The van der Waals surface area contributed by atoms with Crippen LogP contribution in [-0.4, -0.2) is 57.0 Å². The quantitative estimate of drug-likeness (QED) is 0.254. The maximum absolute atomic E-state index is 15.9. The maximum Gasteiger partial charge on any atom is 0.335 e. The van der Waals surface area contributed by atoms with Gasteiger partial charge < -0.3 is 28.6 Å². The van der Waals surface area contributed by atoms with Gasteiger partial charge in [-0.15, -0.1) is 0 Å². The Bertz CT molecular complexity index is 2050. The summed E-state index contributed by atoms with van der Waals surface area (Å²) >= 11 is 0. The second kappa shape index (κ2) is 12.7. The third-order valence-corrected chi connectivity index (χ3v) is 8.44. The van der Waals surface area contributed by atoms with Crippen LogP contribution in [0.4, 0.5) is 4.39 Å². The first-order valence-corrected chi connectivity index (χ1v) is 15.3. The minimum atomic E-state index is -1.09. The predicted octanol–water partition coefficient (Wildman–Crippen LogP) is 5.49. The van der Waals surface area contributed by atoms with Crippen LogP contribution in [0.3, 0.4) is 0 Å². The first-order valence-electron chi connectivity index (χ1n) is 15.3. The first kappa shape index (κ1) is 30.1. The molecule has 0 amide bonds. The number of nitrogens with zero attached hydrogens (tertiary/aromatic N) is 5. The van der Waals surface area contributed by atoms with Crippen LogP contribution in [0, 0.1) is 17.1 Å². The summed E-state index contributed by atoms with van der Waals surface area (Å²) in [5.74, 6) is 0.113. The number of rotatable bonds is 6. The summed E-state index contributed by atoms with van der Waals surface area (Å²) < 4.78 is 41.4. The summed E-state index contributed by atoms with van der Waals surface area (Å²) in [4.78, 5) is 25.8. The van der Waals surface area contributed by atoms with E-state index < -0.39 is 11.8 Å². The van der Waals surface area contributed by atoms with Crippen molar-refractivity contribution < 1.29 is 33.2 Å². The molecule has 7 rings (SSSR count). The van der Waals surface area contributed by atoms with Crippen LogP contribution in [0.15, 0.2) is 54.7 Å². The summed E-state index contributed by atoms with van der Waals surface area (Å²) in [6.45, 7) is 1.56. The fourth-order valence-corrected chi connectivity index (χ4v) is 5.90. The number of benzene rings is 2. The van der Waals surface area contributed by atoms with E-state index in [2.05, 4.69) is 16.0 Å². The van der Waals surface area contributed by atoms with Crippen molar-refractivity contribution in [1.82, 2.24) is 19.5 Å². The lowest BCUT2D eigenvalue weighted by Gasteiger charge is -2.27. The third kappa shape index (κ3) is 6.05. The number of pyridine rings is 2. The molecule has 5 aromatic rings. The highest BCUT2D eigenvalue weighted by atomic mass is 19.1. The maximum atomic E-state index is 15.9. The number of carbonyl (C=O) groups is 1. The molecule has 1 fully saturated rings. The average molecular weight is 636 g/mol. The molecule has 1 saturated heterocycles. The second-order valence-corrected chi connectivity index (χ2v) is 11.4. The molecule has 3 aromatic heterocycles. The zero-order valence-electron chi connectivity index (χ0n) is 25.5. The third-order valence-electron chi connectivity index (χ3n) is 8.44. The summed E-state index contributed by atoms with van der Waals surface area (Å²) in [7, 11) is 1.47. The van der Waals surface area contributed by atoms with Crippen LogP contribution in [0.1, 0.15) is 51.4 Å². The van der Waals surface area contributed by atoms with Gasteiger partial charge in [-0.2, -0.15) is 5.26 Å². The van der Waals surface area contributed by atoms with E-state index >= 15 is 4.39 Å². The van der Waals surface area contributed by atoms with E-state index in [0.29, 0.717) is 89.4 Å². The molecule has 1 atom stereocenters. The average Bonchev–Trinajstić information content (AvgIpc) is 3.40. The number of aromatic nitrogens is 4. The molecule has 2 aliphatic rings. The Labute approximate surface area is 269 Å². The van der Waals surface area contributed by atoms with Crippen LogP contribution in [0.2, 0.25) is 0 Å². The van der Waals surface area contributed by atoms with Gasteiger partial charge >= 0.3 is 5.97 Å². The molecule has 1 N–H and O–H groups in total. The number of carboxylic acids is 1. The Morgan fingerprint density at radius 3 is 2.81 bits per heavy atom. The van der Waals surface area contributed by atoms with E-state index in [9.17, 15) is 15.2 Å². The van der Waals surface area contributed by atoms with Crippen molar-refractivity contribution >= 4 is 17.0 Å². The van der Waals surface area contributed by atoms with Crippen molar-refractivity contribution in [2.45, 2.75) is 44.9 Å². The SMILES string of the molecule is COc1cc(C(=O)O)cc2c1nc(Cc1cc(F)c3cc1OCCCc1cc(C#N)cnc1COc1cccc-3n1)n2C[C@@H]1CCO1. The predicted molar refractivity (Wildman–Crippen MR) is 167 cm³/mol. The molecule has 2 aliphatic heterocycles. The number of imidazole rings is 1. The summed E-state index contributed by atoms with van der Waals surface area (Å²) in [6, 6.07) is 15.2. The number of aryl methyl sites for hydroxylation is 1. The van der Waals surface area contributed by atoms with E-state index in [4.69, 9.17) is 23.9 Å². The second-order valence-electron chi connectivity index (χ2n) is 11.4. The van der Waals surface area contributed by atoms with Crippen molar-refractivity contribution in [2.75, 3.05) is 20.3 Å². The van der Waals surface area contributed by atoms with Crippen molar-refractivity contribution in [3.8, 4) is 34.7 Å². The molecule has 0 radical (unpaired) electrons. The number of hydrogen-bond donors (Lipinski definition) is 1. The number of methoxy groups -OCH3 is 1. The van der Waals surface area contributed by atoms with Gasteiger partial charge in [-0.1, -0.05) is 6.07 Å². The van der Waals surface area contributed by atoms with Crippen LogP contribution in [0.5, 0.6) is 17.4 Å². The molecule has 0 aliphatic carbocycles. The van der Waals surface area contributed by atoms with Crippen molar-refractivity contribution in [2.24, 2.45) is 0 Å². The molecule has 5 heterocycles. The van der Waals surface area contributed by atoms with Gasteiger partial charge in [0, 0.05) is 36.4 Å². The zero-order chi connectivity index (χ0) is 32.5. The number of fused-ring (bicyclic) bond motifs is 7. The van der Waals surface area contributed by atoms with E-state index in [1.165, 1.54) is 25.4 Å². The van der Waals surface area contributed by atoms with E-state index in [-0.39, 0.29) is 30.3 Å². The smallest absolute Gasteiger partial charge is 0.335 e. The number of aromatic carboxylic acids is 1. The topological polar surface area (TPSA) is 142 Å². The Morgan fingerprint density at radius 1 is 1.17 bits per heavy atom. The molecule has 2 aromatic carbocycles. The Balaban J connectivity index is 1.30. The Kier molecular flexibility index (Phi) is 8.14. The molecule has 4 bridgehead atoms. The van der Waals surface area contributed by atoms with Gasteiger partial charge in [0.1, 0.15) is 41.3 Å². The summed E-state index contributed by atoms with van der Waals surface area (Å²) in [5.41, 5.74) is 4.38. The monoisotopic (exact) mass is 635 g/mol. The molecule has 47 heavy (non-hydrogen) atoms. The molecular formula is C35H30FN5O6. The summed E-state index contributed by atoms with van der Waals surface area (Å²) in [6.07, 6.45) is 3.69. The van der Waals surface area contributed by atoms with E-state index in [0.717, 1.165) is 12.0 Å². The van der Waals surface area contributed by atoms with Gasteiger partial charge in [0.05, 0.1) is 54.4 Å². The van der Waals surface area contributed by atoms with Gasteiger partial charge in [0.15, 0.2) is 0 Å². The fourth-order valence-electron chi connectivity index (χ4n) is 5.90. The largest absolute Gasteiger partial charge is 0.494 e. The normalized spacial score (nSPS) is 15.7. The van der Waals surface area contributed by atoms with Crippen LogP contribution in [0.25, 0.3) is 22.3 Å². The minimum absolute atomic E-state index is 0.0569. The standard InChI is InChI=1S/C35H30FN5O6/c1-44-31-13-23(35(42)43)12-29-34(31)40-32(41(29)18-24-7-9-45-24)14-22-11-26(36)25-15-30(22)46-8-3-4-21-10-20(16-37)17-38-28(21)19-47-33-6-2-5-27(25)39-33/h2,5-6,10-13,15,17,24H,3-4,7-9,14,18-19H2,1H3,(H,42,43)/t24-/m0/s1. The fraction of sp³-hybridized carbons (Fsp3) is 0.286. The van der Waals surface area contributed by atoms with Crippen LogP contribution in [-0.2, 0) is 30.7 Å². The Hall–Kier alpha value is -5.54. The van der Waals surface area contributed by atoms with E-state index in [1.54, 1.807) is 30.3 Å².